The molecule has 18 heavy (non-hydrogen) atoms. The van der Waals surface area contributed by atoms with E-state index in [2.05, 4.69) is 24.0 Å². The van der Waals surface area contributed by atoms with Crippen LogP contribution in [-0.4, -0.2) is 29.9 Å². The smallest absolute Gasteiger partial charge is 0.226 e. The van der Waals surface area contributed by atoms with E-state index in [-0.39, 0.29) is 11.5 Å². The van der Waals surface area contributed by atoms with Crippen molar-refractivity contribution in [3.05, 3.63) is 11.7 Å². The quantitative estimate of drug-likeness (QED) is 0.768. The van der Waals surface area contributed by atoms with Crippen LogP contribution >= 0.6 is 0 Å². The van der Waals surface area contributed by atoms with Crippen LogP contribution in [0, 0.1) is 5.41 Å². The molecule has 0 bridgehead atoms. The third kappa shape index (κ3) is 5.14. The van der Waals surface area contributed by atoms with Gasteiger partial charge < -0.3 is 15.0 Å². The molecule has 5 nitrogen and oxygen atoms in total. The summed E-state index contributed by atoms with van der Waals surface area (Å²) in [5.41, 5.74) is 5.82. The van der Waals surface area contributed by atoms with E-state index in [0.29, 0.717) is 18.9 Å². The maximum Gasteiger partial charge on any atom is 0.226 e. The minimum Gasteiger partial charge on any atom is -0.381 e. The monoisotopic (exact) mass is 255 g/mol. The lowest BCUT2D eigenvalue weighted by molar-refractivity contribution is 0.116. The Kier molecular flexibility index (Phi) is 5.75. The summed E-state index contributed by atoms with van der Waals surface area (Å²) in [6.45, 7) is 7.13. The molecular formula is C13H25N3O2. The van der Waals surface area contributed by atoms with Crippen LogP contribution in [0.25, 0.3) is 0 Å². The average Bonchev–Trinajstić information content (AvgIpc) is 2.74. The fourth-order valence-electron chi connectivity index (χ4n) is 1.78. The van der Waals surface area contributed by atoms with Crippen molar-refractivity contribution >= 4 is 0 Å². The van der Waals surface area contributed by atoms with E-state index < -0.39 is 0 Å². The molecule has 0 aliphatic rings. The molecule has 0 aliphatic carbocycles. The molecule has 1 unspecified atom stereocenters. The van der Waals surface area contributed by atoms with Crippen LogP contribution < -0.4 is 5.73 Å². The van der Waals surface area contributed by atoms with Gasteiger partial charge >= 0.3 is 0 Å². The van der Waals surface area contributed by atoms with Gasteiger partial charge in [-0.1, -0.05) is 19.0 Å². The summed E-state index contributed by atoms with van der Waals surface area (Å²) in [6.07, 6.45) is 3.62. The van der Waals surface area contributed by atoms with E-state index >= 15 is 0 Å². The highest BCUT2D eigenvalue weighted by Crippen LogP contribution is 2.25. The fraction of sp³-hybridized carbons (Fsp3) is 0.846. The Bertz CT molecular complexity index is 350. The van der Waals surface area contributed by atoms with Crippen LogP contribution in [-0.2, 0) is 17.6 Å². The van der Waals surface area contributed by atoms with Crippen molar-refractivity contribution < 1.29 is 9.26 Å². The molecule has 0 saturated carbocycles. The zero-order valence-corrected chi connectivity index (χ0v) is 11.9. The van der Waals surface area contributed by atoms with Gasteiger partial charge in [0.15, 0.2) is 5.82 Å². The number of hydrogen-bond donors (Lipinski definition) is 1. The molecule has 0 radical (unpaired) electrons. The minimum absolute atomic E-state index is 0.115. The third-order valence-electron chi connectivity index (χ3n) is 3.22. The maximum absolute atomic E-state index is 5.59. The average molecular weight is 255 g/mol. The van der Waals surface area contributed by atoms with Crippen molar-refractivity contribution in [3.63, 3.8) is 0 Å². The summed E-state index contributed by atoms with van der Waals surface area (Å²) in [5, 5.41) is 3.96. The number of aryl methyl sites for hydroxylation is 1. The van der Waals surface area contributed by atoms with E-state index in [1.165, 1.54) is 0 Å². The van der Waals surface area contributed by atoms with Crippen LogP contribution in [0.1, 0.15) is 45.3 Å². The van der Waals surface area contributed by atoms with Crippen molar-refractivity contribution in [3.8, 4) is 0 Å². The van der Waals surface area contributed by atoms with Crippen LogP contribution in [0.3, 0.4) is 0 Å². The van der Waals surface area contributed by atoms with Crippen LogP contribution in [0.2, 0.25) is 0 Å². The molecule has 0 spiro atoms. The normalized spacial score (nSPS) is 13.8. The predicted octanol–water partition coefficient (Wildman–Crippen LogP) is 1.95. The molecule has 1 aromatic heterocycles. The van der Waals surface area contributed by atoms with Crippen molar-refractivity contribution in [2.45, 2.75) is 52.6 Å². The Hall–Kier alpha value is -0.940. The molecule has 0 aliphatic heterocycles. The highest BCUT2D eigenvalue weighted by Gasteiger charge is 2.18. The summed E-state index contributed by atoms with van der Waals surface area (Å²) in [5.74, 6) is 1.43. The van der Waals surface area contributed by atoms with Crippen molar-refractivity contribution in [2.24, 2.45) is 11.1 Å². The van der Waals surface area contributed by atoms with Gasteiger partial charge in [0.25, 0.3) is 0 Å². The number of methoxy groups -OCH3 is 1. The maximum atomic E-state index is 5.59. The summed E-state index contributed by atoms with van der Waals surface area (Å²) in [6, 6.07) is 0. The predicted molar refractivity (Wildman–Crippen MR) is 70.2 cm³/mol. The van der Waals surface area contributed by atoms with Gasteiger partial charge in [0.2, 0.25) is 5.89 Å². The van der Waals surface area contributed by atoms with Gasteiger partial charge in [0.1, 0.15) is 0 Å². The molecule has 1 heterocycles. The first kappa shape index (κ1) is 15.1. The van der Waals surface area contributed by atoms with Gasteiger partial charge in [-0.25, -0.2) is 0 Å². The molecule has 1 atom stereocenters. The van der Waals surface area contributed by atoms with Gasteiger partial charge in [0.05, 0.1) is 6.10 Å². The Morgan fingerprint density at radius 1 is 1.39 bits per heavy atom. The molecular weight excluding hydrogens is 230 g/mol. The fourth-order valence-corrected chi connectivity index (χ4v) is 1.78. The lowest BCUT2D eigenvalue weighted by Gasteiger charge is -2.22. The zero-order chi connectivity index (χ0) is 13.6. The van der Waals surface area contributed by atoms with Gasteiger partial charge in [-0.05, 0) is 31.7 Å². The number of rotatable bonds is 8. The van der Waals surface area contributed by atoms with E-state index in [4.69, 9.17) is 15.0 Å². The van der Waals surface area contributed by atoms with Gasteiger partial charge in [-0.3, -0.25) is 0 Å². The lowest BCUT2D eigenvalue weighted by Crippen LogP contribution is -2.17. The van der Waals surface area contributed by atoms with E-state index in [0.717, 1.165) is 25.1 Å². The zero-order valence-electron chi connectivity index (χ0n) is 11.9. The number of hydrogen-bond acceptors (Lipinski definition) is 5. The summed E-state index contributed by atoms with van der Waals surface area (Å²) in [4.78, 5) is 4.37. The van der Waals surface area contributed by atoms with E-state index in [1.54, 1.807) is 7.11 Å². The van der Waals surface area contributed by atoms with E-state index in [1.807, 2.05) is 6.92 Å². The first-order chi connectivity index (χ1) is 8.46. The Labute approximate surface area is 109 Å². The van der Waals surface area contributed by atoms with Crippen LogP contribution in [0.15, 0.2) is 4.52 Å². The molecule has 0 aromatic carbocycles. The standard InChI is InChI=1S/C13H25N3O2/c1-10(17-4)9-11-15-12(18-16-11)5-6-13(2,3)7-8-14/h10H,5-9,14H2,1-4H3. The molecule has 0 fully saturated rings. The van der Waals surface area contributed by atoms with Gasteiger partial charge in [-0.2, -0.15) is 4.98 Å². The molecule has 104 valence electrons. The third-order valence-corrected chi connectivity index (χ3v) is 3.22. The molecule has 1 rings (SSSR count). The van der Waals surface area contributed by atoms with Crippen LogP contribution in [0.5, 0.6) is 0 Å². The number of aromatic nitrogens is 2. The summed E-state index contributed by atoms with van der Waals surface area (Å²) >= 11 is 0. The summed E-state index contributed by atoms with van der Waals surface area (Å²) < 4.78 is 10.4. The van der Waals surface area contributed by atoms with Crippen molar-refractivity contribution in [2.75, 3.05) is 13.7 Å². The SMILES string of the molecule is COC(C)Cc1noc(CCC(C)(C)CCN)n1. The van der Waals surface area contributed by atoms with Gasteiger partial charge in [0, 0.05) is 20.0 Å². The second-order valence-electron chi connectivity index (χ2n) is 5.56. The molecule has 5 heteroatoms. The highest BCUT2D eigenvalue weighted by molar-refractivity contribution is 4.89. The highest BCUT2D eigenvalue weighted by atomic mass is 16.5. The molecule has 0 amide bonds. The Morgan fingerprint density at radius 2 is 2.11 bits per heavy atom. The van der Waals surface area contributed by atoms with Crippen molar-refractivity contribution in [1.82, 2.24) is 10.1 Å². The van der Waals surface area contributed by atoms with Crippen molar-refractivity contribution in [1.29, 1.82) is 0 Å². The molecule has 1 aromatic rings. The number of nitrogens with two attached hydrogens (primary N) is 1. The largest absolute Gasteiger partial charge is 0.381 e. The second kappa shape index (κ2) is 6.85. The molecule has 2 N–H and O–H groups in total. The second-order valence-corrected chi connectivity index (χ2v) is 5.56. The first-order valence-corrected chi connectivity index (χ1v) is 6.51. The first-order valence-electron chi connectivity index (χ1n) is 6.51. The van der Waals surface area contributed by atoms with Gasteiger partial charge in [-0.15, -0.1) is 0 Å². The number of nitrogens with zero attached hydrogens (tertiary/aromatic N) is 2. The lowest BCUT2D eigenvalue weighted by atomic mass is 9.84. The Morgan fingerprint density at radius 3 is 2.72 bits per heavy atom. The minimum atomic E-state index is 0.115. The van der Waals surface area contributed by atoms with Crippen LogP contribution in [0.4, 0.5) is 0 Å². The molecule has 0 saturated heterocycles. The van der Waals surface area contributed by atoms with E-state index in [9.17, 15) is 0 Å². The number of ether oxygens (including phenoxy) is 1. The topological polar surface area (TPSA) is 74.2 Å². The summed E-state index contributed by atoms with van der Waals surface area (Å²) in [7, 11) is 1.68. The Balaban J connectivity index is 2.44.